The Hall–Kier alpha value is -6.28. The summed E-state index contributed by atoms with van der Waals surface area (Å²) in [5.41, 5.74) is 12.1. The van der Waals surface area contributed by atoms with Crippen LogP contribution in [0.5, 0.6) is 23.0 Å². The Morgan fingerprint density at radius 3 is 2.12 bits per heavy atom. The summed E-state index contributed by atoms with van der Waals surface area (Å²) >= 11 is 0. The van der Waals surface area contributed by atoms with Crippen molar-refractivity contribution in [3.05, 3.63) is 83.1 Å². The van der Waals surface area contributed by atoms with Crippen molar-refractivity contribution in [2.75, 3.05) is 32.8 Å². The summed E-state index contributed by atoms with van der Waals surface area (Å²) in [6.07, 6.45) is 14.5. The zero-order valence-corrected chi connectivity index (χ0v) is 37.2. The first-order valence-corrected chi connectivity index (χ1v) is 22.4. The Labute approximate surface area is 374 Å². The molecule has 336 valence electrons. The number of nitrogens with zero attached hydrogens (tertiary/aromatic N) is 3. The van der Waals surface area contributed by atoms with Crippen molar-refractivity contribution in [3.8, 4) is 23.0 Å². The number of ether oxygens (including phenoxy) is 4. The quantitative estimate of drug-likeness (QED) is 0.128. The second-order valence-corrected chi connectivity index (χ2v) is 17.8. The maximum absolute atomic E-state index is 13.7. The summed E-state index contributed by atoms with van der Waals surface area (Å²) in [5.74, 6) is 1.95. The van der Waals surface area contributed by atoms with Gasteiger partial charge in [0, 0.05) is 54.9 Å². The third kappa shape index (κ3) is 9.91. The predicted molar refractivity (Wildman–Crippen MR) is 247 cm³/mol. The number of nitrogens with one attached hydrogen (secondary N) is 2. The third-order valence-electron chi connectivity index (χ3n) is 12.7. The van der Waals surface area contributed by atoms with Gasteiger partial charge in [0.15, 0.2) is 28.8 Å². The standard InChI is InChI=1S/C50H58N6O8/c1-28(2)47(51)49(59)54-29(3)48(58)55-36-12-10-32(11-13-36)34-18-30-7-14-42(57)38-21-43(61-4)45(23-40(38)52-25-31(17-30)19-34)63-15-6-16-64-46-24-41-39(22-44(46)62-5)50(60)56-27-35(33-8-9-33)20-37(56)26-53-41/h10-13,18,21-31,33,37,47H,6-9,14-17,19-20,51H2,1-5H3,(H,54,59)(H,55,58)/t29-,30?,31-,37-,47-/m0/s1. The molecule has 8 rings (SSSR count). The van der Waals surface area contributed by atoms with E-state index < -0.39 is 12.1 Å². The van der Waals surface area contributed by atoms with E-state index in [1.54, 1.807) is 50.3 Å². The van der Waals surface area contributed by atoms with Crippen LogP contribution in [0, 0.1) is 23.7 Å². The highest BCUT2D eigenvalue weighted by Gasteiger charge is 2.38. The smallest absolute Gasteiger partial charge is 0.260 e. The molecule has 2 aliphatic carbocycles. The van der Waals surface area contributed by atoms with Crippen LogP contribution in [0.3, 0.4) is 0 Å². The highest BCUT2D eigenvalue weighted by atomic mass is 16.5. The Morgan fingerprint density at radius 1 is 0.812 bits per heavy atom. The Kier molecular flexibility index (Phi) is 13.3. The zero-order chi connectivity index (χ0) is 45.1. The lowest BCUT2D eigenvalue weighted by Crippen LogP contribution is -2.50. The topological polar surface area (TPSA) is 183 Å². The van der Waals surface area contributed by atoms with Crippen LogP contribution in [-0.4, -0.2) is 86.4 Å². The number of carbonyl (C=O) groups excluding carboxylic acids is 4. The first kappa shape index (κ1) is 44.3. The summed E-state index contributed by atoms with van der Waals surface area (Å²) in [6, 6.07) is 13.1. The molecular weight excluding hydrogens is 813 g/mol. The van der Waals surface area contributed by atoms with Crippen molar-refractivity contribution in [1.29, 1.82) is 0 Å². The van der Waals surface area contributed by atoms with Crippen molar-refractivity contribution in [3.63, 3.8) is 0 Å². The Balaban J connectivity index is 0.885. The van der Waals surface area contributed by atoms with E-state index in [4.69, 9.17) is 34.7 Å². The molecule has 0 spiro atoms. The van der Waals surface area contributed by atoms with Crippen LogP contribution in [0.25, 0.3) is 5.57 Å². The van der Waals surface area contributed by atoms with Crippen molar-refractivity contribution < 1.29 is 38.1 Å². The summed E-state index contributed by atoms with van der Waals surface area (Å²) in [6.45, 7) is 5.95. The molecule has 3 heterocycles. The molecule has 5 aliphatic rings. The number of hydrogen-bond acceptors (Lipinski definition) is 11. The lowest BCUT2D eigenvalue weighted by Gasteiger charge is -2.28. The molecule has 64 heavy (non-hydrogen) atoms. The van der Waals surface area contributed by atoms with E-state index >= 15 is 0 Å². The van der Waals surface area contributed by atoms with E-state index in [0.717, 1.165) is 30.4 Å². The van der Waals surface area contributed by atoms with Gasteiger partial charge in [0.05, 0.1) is 56.5 Å². The maximum atomic E-state index is 13.7. The average molecular weight is 871 g/mol. The van der Waals surface area contributed by atoms with E-state index in [1.807, 2.05) is 56.7 Å². The molecule has 1 unspecified atom stereocenters. The number of anilines is 1. The van der Waals surface area contributed by atoms with Crippen LogP contribution in [0.15, 0.2) is 76.4 Å². The van der Waals surface area contributed by atoms with Crippen LogP contribution >= 0.6 is 0 Å². The number of benzene rings is 3. The van der Waals surface area contributed by atoms with Crippen LogP contribution in [-0.2, 0) is 9.59 Å². The van der Waals surface area contributed by atoms with E-state index in [1.165, 1.54) is 18.4 Å². The number of allylic oxidation sites excluding steroid dienone is 2. The number of methoxy groups -OCH3 is 2. The normalized spacial score (nSPS) is 21.0. The van der Waals surface area contributed by atoms with Gasteiger partial charge in [-0.2, -0.15) is 0 Å². The number of fused-ring (bicyclic) bond motifs is 5. The molecular formula is C50H58N6O8. The fourth-order valence-electron chi connectivity index (χ4n) is 8.74. The number of aliphatic imine (C=N–C) groups is 2. The highest BCUT2D eigenvalue weighted by Crippen LogP contribution is 2.45. The van der Waals surface area contributed by atoms with Gasteiger partial charge in [-0.05, 0) is 110 Å². The second kappa shape index (κ2) is 19.2. The first-order valence-electron chi connectivity index (χ1n) is 22.4. The first-order chi connectivity index (χ1) is 30.9. The predicted octanol–water partition coefficient (Wildman–Crippen LogP) is 7.99. The van der Waals surface area contributed by atoms with Crippen molar-refractivity contribution in [2.24, 2.45) is 39.4 Å². The Bertz CT molecular complexity index is 2420. The maximum Gasteiger partial charge on any atom is 0.260 e. The molecule has 14 nitrogen and oxygen atoms in total. The largest absolute Gasteiger partial charge is 0.493 e. The van der Waals surface area contributed by atoms with Crippen LogP contribution in [0.2, 0.25) is 0 Å². The van der Waals surface area contributed by atoms with Crippen LogP contribution in [0.4, 0.5) is 17.1 Å². The van der Waals surface area contributed by atoms with E-state index in [2.05, 4.69) is 16.7 Å². The SMILES string of the molecule is COc1cc2c(cc1OCCCOc1cc3c(cc1OC)C(=O)N1C=C(C4CC4)C[C@H]1C=N3)N=C[C@@H]1CC(c3ccc(NC(=O)[C@H](C)NC(=O)[C@@H](N)C(C)C)cc3)=CC(CCC2=O)C1. The van der Waals surface area contributed by atoms with Gasteiger partial charge >= 0.3 is 0 Å². The van der Waals surface area contributed by atoms with Crippen molar-refractivity contribution >= 4 is 58.6 Å². The molecule has 0 radical (unpaired) electrons. The Morgan fingerprint density at radius 2 is 1.47 bits per heavy atom. The monoisotopic (exact) mass is 870 g/mol. The number of hydrogen-bond donors (Lipinski definition) is 3. The molecule has 0 saturated heterocycles. The second-order valence-electron chi connectivity index (χ2n) is 17.8. The number of Topliss-reactive ketones (excluding diaryl/α,β-unsaturated/α-hetero) is 1. The van der Waals surface area contributed by atoms with Crippen LogP contribution < -0.4 is 35.3 Å². The number of amides is 3. The lowest BCUT2D eigenvalue weighted by atomic mass is 9.78. The molecule has 1 saturated carbocycles. The fraction of sp³-hybridized carbons (Fsp3) is 0.440. The molecule has 3 aliphatic heterocycles. The highest BCUT2D eigenvalue weighted by molar-refractivity contribution is 6.04. The lowest BCUT2D eigenvalue weighted by molar-refractivity contribution is -0.127. The summed E-state index contributed by atoms with van der Waals surface area (Å²) in [4.78, 5) is 63.9. The molecule has 5 atom stereocenters. The molecule has 0 aromatic heterocycles. The minimum Gasteiger partial charge on any atom is -0.493 e. The number of nitrogens with two attached hydrogens (primary N) is 1. The van der Waals surface area contributed by atoms with Gasteiger partial charge in [-0.25, -0.2) is 0 Å². The zero-order valence-electron chi connectivity index (χ0n) is 37.2. The van der Waals surface area contributed by atoms with Gasteiger partial charge < -0.3 is 40.2 Å². The molecule has 3 amide bonds. The fourth-order valence-corrected chi connectivity index (χ4v) is 8.74. The van der Waals surface area contributed by atoms with Gasteiger partial charge in [0.2, 0.25) is 11.8 Å². The molecule has 3 aromatic carbocycles. The summed E-state index contributed by atoms with van der Waals surface area (Å²) in [7, 11) is 3.11. The van der Waals surface area contributed by atoms with Gasteiger partial charge in [0.25, 0.3) is 5.91 Å². The minimum atomic E-state index is -0.752. The number of rotatable bonds is 15. The average Bonchev–Trinajstić information content (AvgIpc) is 4.08. The van der Waals surface area contributed by atoms with Crippen LogP contribution in [0.1, 0.15) is 98.4 Å². The van der Waals surface area contributed by atoms with E-state index in [0.29, 0.717) is 89.6 Å². The van der Waals surface area contributed by atoms with E-state index in [9.17, 15) is 19.2 Å². The molecule has 1 fully saturated rings. The number of ketones is 1. The molecule has 4 N–H and O–H groups in total. The van der Waals surface area contributed by atoms with Gasteiger partial charge in [-0.1, -0.05) is 32.1 Å². The van der Waals surface area contributed by atoms with Gasteiger partial charge in [-0.15, -0.1) is 0 Å². The minimum absolute atomic E-state index is 0.0123. The molecule has 2 bridgehead atoms. The van der Waals surface area contributed by atoms with Gasteiger partial charge in [0.1, 0.15) is 6.04 Å². The summed E-state index contributed by atoms with van der Waals surface area (Å²) in [5, 5.41) is 5.57. The molecule has 3 aromatic rings. The van der Waals surface area contributed by atoms with E-state index in [-0.39, 0.29) is 47.3 Å². The summed E-state index contributed by atoms with van der Waals surface area (Å²) < 4.78 is 23.7. The van der Waals surface area contributed by atoms with Crippen molar-refractivity contribution in [1.82, 2.24) is 10.2 Å². The van der Waals surface area contributed by atoms with Gasteiger partial charge in [-0.3, -0.25) is 29.2 Å². The van der Waals surface area contributed by atoms with Crippen molar-refractivity contribution in [2.45, 2.75) is 90.3 Å². The molecule has 14 heteroatoms. The number of carbonyl (C=O) groups is 4. The third-order valence-corrected chi connectivity index (χ3v) is 12.7.